The van der Waals surface area contributed by atoms with Crippen molar-refractivity contribution in [3.05, 3.63) is 33.5 Å². The molecule has 2 aromatic rings. The summed E-state index contributed by atoms with van der Waals surface area (Å²) in [6.45, 7) is 8.81. The normalized spacial score (nSPS) is 12.5. The minimum Gasteiger partial charge on any atom is -0.488 e. The number of ether oxygens (including phenoxy) is 1. The van der Waals surface area contributed by atoms with E-state index in [4.69, 9.17) is 4.74 Å². The maximum absolute atomic E-state index is 12.0. The summed E-state index contributed by atoms with van der Waals surface area (Å²) in [5.41, 5.74) is 8.22. The van der Waals surface area contributed by atoms with Crippen LogP contribution in [0.5, 0.6) is 5.75 Å². The SMILES string of the molecule is CNC(=O)c1nn(C)c2c1COc1c(C)c(C)c(C)c(C)c1-2. The van der Waals surface area contributed by atoms with Gasteiger partial charge in [0.1, 0.15) is 12.4 Å². The molecule has 1 amide bonds. The second-order valence-corrected chi connectivity index (χ2v) is 5.87. The van der Waals surface area contributed by atoms with Gasteiger partial charge in [-0.1, -0.05) is 0 Å². The molecule has 0 bridgehead atoms. The Morgan fingerprint density at radius 3 is 2.41 bits per heavy atom. The molecule has 5 nitrogen and oxygen atoms in total. The van der Waals surface area contributed by atoms with Gasteiger partial charge in [-0.05, 0) is 49.9 Å². The van der Waals surface area contributed by atoms with Crippen molar-refractivity contribution < 1.29 is 9.53 Å². The molecule has 0 unspecified atom stereocenters. The number of nitrogens with one attached hydrogen (secondary N) is 1. The van der Waals surface area contributed by atoms with E-state index in [2.05, 4.69) is 38.1 Å². The van der Waals surface area contributed by atoms with Gasteiger partial charge < -0.3 is 10.1 Å². The first-order chi connectivity index (χ1) is 10.4. The lowest BCUT2D eigenvalue weighted by atomic mass is 9.89. The molecular formula is C17H21N3O2. The molecule has 0 radical (unpaired) electrons. The summed E-state index contributed by atoms with van der Waals surface area (Å²) in [5.74, 6) is 0.738. The highest BCUT2D eigenvalue weighted by Crippen LogP contribution is 2.45. The van der Waals surface area contributed by atoms with Gasteiger partial charge in [0.05, 0.1) is 5.69 Å². The quantitative estimate of drug-likeness (QED) is 0.880. The molecule has 5 heteroatoms. The number of hydrogen-bond donors (Lipinski definition) is 1. The van der Waals surface area contributed by atoms with E-state index in [1.54, 1.807) is 11.7 Å². The van der Waals surface area contributed by atoms with Crippen molar-refractivity contribution in [2.24, 2.45) is 7.05 Å². The Hall–Kier alpha value is -2.30. The number of aromatic nitrogens is 2. The number of carbonyl (C=O) groups excluding carboxylic acids is 1. The molecule has 1 aromatic heterocycles. The molecule has 1 aliphatic rings. The number of benzene rings is 1. The molecule has 1 aromatic carbocycles. The van der Waals surface area contributed by atoms with Crippen molar-refractivity contribution in [1.29, 1.82) is 0 Å². The Morgan fingerprint density at radius 2 is 1.77 bits per heavy atom. The van der Waals surface area contributed by atoms with Crippen LogP contribution in [0.1, 0.15) is 38.3 Å². The number of hydrogen-bond acceptors (Lipinski definition) is 3. The van der Waals surface area contributed by atoms with Crippen molar-refractivity contribution >= 4 is 5.91 Å². The first-order valence-corrected chi connectivity index (χ1v) is 7.39. The Bertz CT molecular complexity index is 803. The third-order valence-corrected chi connectivity index (χ3v) is 4.82. The summed E-state index contributed by atoms with van der Waals surface area (Å²) in [7, 11) is 3.49. The molecule has 0 atom stereocenters. The van der Waals surface area contributed by atoms with E-state index in [0.717, 1.165) is 28.1 Å². The highest BCUT2D eigenvalue weighted by atomic mass is 16.5. The Labute approximate surface area is 130 Å². The zero-order chi connectivity index (χ0) is 16.2. The predicted molar refractivity (Wildman–Crippen MR) is 85.3 cm³/mol. The Kier molecular flexibility index (Phi) is 3.24. The van der Waals surface area contributed by atoms with Gasteiger partial charge in [-0.15, -0.1) is 0 Å². The molecule has 0 spiro atoms. The largest absolute Gasteiger partial charge is 0.488 e. The van der Waals surface area contributed by atoms with Gasteiger partial charge in [-0.3, -0.25) is 9.48 Å². The third-order valence-electron chi connectivity index (χ3n) is 4.82. The highest BCUT2D eigenvalue weighted by molar-refractivity contribution is 5.96. The van der Waals surface area contributed by atoms with Crippen molar-refractivity contribution in [3.63, 3.8) is 0 Å². The molecule has 116 valence electrons. The monoisotopic (exact) mass is 299 g/mol. The van der Waals surface area contributed by atoms with Crippen LogP contribution >= 0.6 is 0 Å². The van der Waals surface area contributed by atoms with Gasteiger partial charge in [-0.25, -0.2) is 0 Å². The fourth-order valence-electron chi connectivity index (χ4n) is 3.21. The fourth-order valence-corrected chi connectivity index (χ4v) is 3.21. The summed E-state index contributed by atoms with van der Waals surface area (Å²) in [5, 5.41) is 7.05. The lowest BCUT2D eigenvalue weighted by Crippen LogP contribution is -2.21. The zero-order valence-corrected chi connectivity index (χ0v) is 13.9. The van der Waals surface area contributed by atoms with Crippen LogP contribution in [0.3, 0.4) is 0 Å². The van der Waals surface area contributed by atoms with Gasteiger partial charge >= 0.3 is 0 Å². The number of nitrogens with zero attached hydrogens (tertiary/aromatic N) is 2. The highest BCUT2D eigenvalue weighted by Gasteiger charge is 2.31. The smallest absolute Gasteiger partial charge is 0.271 e. The predicted octanol–water partition coefficient (Wildman–Crippen LogP) is 2.57. The molecule has 0 fully saturated rings. The summed E-state index contributed by atoms with van der Waals surface area (Å²) in [6, 6.07) is 0. The van der Waals surface area contributed by atoms with Crippen LogP contribution in [-0.4, -0.2) is 22.7 Å². The minimum atomic E-state index is -0.179. The van der Waals surface area contributed by atoms with Gasteiger partial charge in [0, 0.05) is 25.2 Å². The molecule has 3 rings (SSSR count). The van der Waals surface area contributed by atoms with E-state index in [1.165, 1.54) is 16.7 Å². The Morgan fingerprint density at radius 1 is 1.14 bits per heavy atom. The number of aryl methyl sites for hydroxylation is 1. The minimum absolute atomic E-state index is 0.179. The topological polar surface area (TPSA) is 56.2 Å². The number of carbonyl (C=O) groups is 1. The van der Waals surface area contributed by atoms with Crippen LogP contribution in [0.4, 0.5) is 0 Å². The maximum atomic E-state index is 12.0. The molecule has 2 heterocycles. The van der Waals surface area contributed by atoms with Crippen molar-refractivity contribution in [2.75, 3.05) is 7.05 Å². The maximum Gasteiger partial charge on any atom is 0.271 e. The standard InChI is InChI=1S/C17H21N3O2/c1-8-9(2)11(4)16-13(10(8)3)15-12(7-22-16)14(17(21)18-5)19-20(15)6/h7H2,1-6H3,(H,18,21). The van der Waals surface area contributed by atoms with E-state index in [-0.39, 0.29) is 5.91 Å². The molecular weight excluding hydrogens is 278 g/mol. The lowest BCUT2D eigenvalue weighted by molar-refractivity contribution is 0.0955. The van der Waals surface area contributed by atoms with Crippen LogP contribution in [0.15, 0.2) is 0 Å². The van der Waals surface area contributed by atoms with E-state index in [0.29, 0.717) is 12.3 Å². The second-order valence-electron chi connectivity index (χ2n) is 5.87. The van der Waals surface area contributed by atoms with Crippen molar-refractivity contribution in [3.8, 4) is 17.0 Å². The zero-order valence-electron chi connectivity index (χ0n) is 13.9. The first-order valence-electron chi connectivity index (χ1n) is 7.39. The number of amides is 1. The van der Waals surface area contributed by atoms with Crippen LogP contribution < -0.4 is 10.1 Å². The van der Waals surface area contributed by atoms with Gasteiger partial charge in [0.15, 0.2) is 5.69 Å². The van der Waals surface area contributed by atoms with Crippen LogP contribution in [0.25, 0.3) is 11.3 Å². The molecule has 0 saturated carbocycles. The molecule has 22 heavy (non-hydrogen) atoms. The van der Waals surface area contributed by atoms with Crippen LogP contribution in [-0.2, 0) is 13.7 Å². The Balaban J connectivity index is 2.36. The third kappa shape index (κ3) is 1.78. The average molecular weight is 299 g/mol. The number of rotatable bonds is 1. The summed E-state index contributed by atoms with van der Waals surface area (Å²) in [4.78, 5) is 12.0. The molecule has 1 N–H and O–H groups in total. The van der Waals surface area contributed by atoms with Crippen molar-refractivity contribution in [1.82, 2.24) is 15.1 Å². The first kappa shape index (κ1) is 14.6. The van der Waals surface area contributed by atoms with E-state index in [1.807, 2.05) is 7.05 Å². The molecule has 0 aliphatic carbocycles. The fraction of sp³-hybridized carbons (Fsp3) is 0.412. The second kappa shape index (κ2) is 4.87. The van der Waals surface area contributed by atoms with Gasteiger partial charge in [0.2, 0.25) is 0 Å². The average Bonchev–Trinajstić information content (AvgIpc) is 2.86. The van der Waals surface area contributed by atoms with E-state index < -0.39 is 0 Å². The van der Waals surface area contributed by atoms with Crippen LogP contribution in [0, 0.1) is 27.7 Å². The van der Waals surface area contributed by atoms with Gasteiger partial charge in [-0.2, -0.15) is 5.10 Å². The summed E-state index contributed by atoms with van der Waals surface area (Å²) in [6.07, 6.45) is 0. The van der Waals surface area contributed by atoms with E-state index >= 15 is 0 Å². The van der Waals surface area contributed by atoms with Crippen molar-refractivity contribution in [2.45, 2.75) is 34.3 Å². The van der Waals surface area contributed by atoms with Gasteiger partial charge in [0.25, 0.3) is 5.91 Å². The van der Waals surface area contributed by atoms with E-state index in [9.17, 15) is 4.79 Å². The van der Waals surface area contributed by atoms with Crippen LogP contribution in [0.2, 0.25) is 0 Å². The lowest BCUT2D eigenvalue weighted by Gasteiger charge is -2.25. The summed E-state index contributed by atoms with van der Waals surface area (Å²) >= 11 is 0. The number of fused-ring (bicyclic) bond motifs is 3. The molecule has 0 saturated heterocycles. The summed E-state index contributed by atoms with van der Waals surface area (Å²) < 4.78 is 7.81. The molecule has 1 aliphatic heterocycles.